The van der Waals surface area contributed by atoms with Gasteiger partial charge in [0.1, 0.15) is 6.07 Å². The number of halogens is 3. The Morgan fingerprint density at radius 2 is 1.93 bits per heavy atom. The summed E-state index contributed by atoms with van der Waals surface area (Å²) in [5.74, 6) is -1.60. The number of amides is 1. The van der Waals surface area contributed by atoms with E-state index in [1.54, 1.807) is 54.2 Å². The van der Waals surface area contributed by atoms with E-state index in [2.05, 4.69) is 23.0 Å². The van der Waals surface area contributed by atoms with Crippen LogP contribution < -0.4 is 5.32 Å². The number of nitrogens with one attached hydrogen (secondary N) is 1. The average Bonchev–Trinajstić information content (AvgIpc) is 3.23. The molecule has 6 nitrogen and oxygen atoms in total. The summed E-state index contributed by atoms with van der Waals surface area (Å²) < 4.78 is 40.0. The van der Waals surface area contributed by atoms with Crippen LogP contribution in [0.25, 0.3) is 0 Å². The third-order valence-corrected chi connectivity index (χ3v) is 7.10. The van der Waals surface area contributed by atoms with Crippen molar-refractivity contribution in [1.82, 2.24) is 15.1 Å². The number of nitriles is 1. The van der Waals surface area contributed by atoms with E-state index in [1.165, 1.54) is 7.05 Å². The van der Waals surface area contributed by atoms with Gasteiger partial charge in [0, 0.05) is 50.0 Å². The molecule has 0 aromatic heterocycles. The number of hydrogen-bond acceptors (Lipinski definition) is 4. The van der Waals surface area contributed by atoms with E-state index in [4.69, 9.17) is 0 Å². The van der Waals surface area contributed by atoms with Gasteiger partial charge in [0.25, 0.3) is 5.91 Å². The van der Waals surface area contributed by atoms with Gasteiger partial charge < -0.3 is 15.1 Å². The summed E-state index contributed by atoms with van der Waals surface area (Å²) >= 11 is 0. The van der Waals surface area contributed by atoms with Gasteiger partial charge in [-0.05, 0) is 46.1 Å². The topological polar surface area (TPSA) is 71.7 Å². The first kappa shape index (κ1) is 36.9. The Morgan fingerprint density at radius 1 is 1.30 bits per heavy atom. The van der Waals surface area contributed by atoms with Crippen molar-refractivity contribution in [2.24, 2.45) is 22.2 Å². The van der Waals surface area contributed by atoms with Gasteiger partial charge in [0.2, 0.25) is 0 Å². The maximum atomic E-state index is 13.7. The van der Waals surface area contributed by atoms with E-state index in [-0.39, 0.29) is 29.5 Å². The fourth-order valence-electron chi connectivity index (χ4n) is 4.40. The summed E-state index contributed by atoms with van der Waals surface area (Å²) in [7, 11) is 1.54. The molecule has 2 unspecified atom stereocenters. The zero-order chi connectivity index (χ0) is 31.1. The molecule has 40 heavy (non-hydrogen) atoms. The van der Waals surface area contributed by atoms with Crippen LogP contribution in [0.1, 0.15) is 61.8 Å². The zero-order valence-electron chi connectivity index (χ0n) is 25.6. The Balaban J connectivity index is 0.00000742. The van der Waals surface area contributed by atoms with Crippen LogP contribution in [-0.4, -0.2) is 60.4 Å². The molecule has 1 fully saturated rings. The van der Waals surface area contributed by atoms with Gasteiger partial charge in [0.05, 0.1) is 11.5 Å². The molecule has 0 saturated carbocycles. The molecule has 9 heteroatoms. The molecule has 0 aromatic carbocycles. The summed E-state index contributed by atoms with van der Waals surface area (Å²) in [6.07, 6.45) is 6.76. The first-order valence-corrected chi connectivity index (χ1v) is 13.8. The van der Waals surface area contributed by atoms with E-state index in [9.17, 15) is 23.2 Å². The van der Waals surface area contributed by atoms with Crippen molar-refractivity contribution in [3.8, 4) is 6.07 Å². The number of hydrogen-bond donors (Lipinski definition) is 1. The van der Waals surface area contributed by atoms with Crippen LogP contribution in [0.15, 0.2) is 65.5 Å². The molecule has 224 valence electrons. The normalized spacial score (nSPS) is 22.1. The lowest BCUT2D eigenvalue weighted by atomic mass is 9.80. The Morgan fingerprint density at radius 3 is 2.38 bits per heavy atom. The lowest BCUT2D eigenvalue weighted by molar-refractivity contribution is -0.163. The average molecular weight is 564 g/mol. The highest BCUT2D eigenvalue weighted by Crippen LogP contribution is 2.36. The Hall–Kier alpha value is -3.12. The van der Waals surface area contributed by atoms with Crippen LogP contribution in [0.5, 0.6) is 0 Å². The Labute approximate surface area is 239 Å². The number of carbonyl (C=O) groups excluding carboxylic acids is 1. The number of nitrogens with zero attached hydrogens (tertiary/aromatic N) is 4. The molecule has 1 aliphatic rings. The van der Waals surface area contributed by atoms with E-state index in [1.807, 2.05) is 47.6 Å². The number of rotatable bonds is 10. The number of aliphatic imine (C=N–C) groups is 1. The zero-order valence-corrected chi connectivity index (χ0v) is 25.6. The van der Waals surface area contributed by atoms with Crippen LogP contribution in [0.4, 0.5) is 13.2 Å². The molecular weight excluding hydrogens is 515 g/mol. The van der Waals surface area contributed by atoms with Crippen molar-refractivity contribution < 1.29 is 18.0 Å². The second-order valence-corrected chi connectivity index (χ2v) is 9.92. The van der Waals surface area contributed by atoms with Crippen molar-refractivity contribution in [3.63, 3.8) is 0 Å². The van der Waals surface area contributed by atoms with Crippen LogP contribution in [0, 0.1) is 28.6 Å². The molecule has 4 atom stereocenters. The van der Waals surface area contributed by atoms with Crippen LogP contribution in [-0.2, 0) is 4.79 Å². The molecule has 0 aliphatic carbocycles. The minimum Gasteiger partial charge on any atom is -0.335 e. The van der Waals surface area contributed by atoms with Crippen molar-refractivity contribution >= 4 is 11.7 Å². The first-order valence-electron chi connectivity index (χ1n) is 13.8. The van der Waals surface area contributed by atoms with Crippen molar-refractivity contribution in [3.05, 3.63) is 60.5 Å². The second kappa shape index (κ2) is 17.5. The highest BCUT2D eigenvalue weighted by molar-refractivity contribution is 6.38. The Kier molecular flexibility index (Phi) is 16.2. The van der Waals surface area contributed by atoms with Gasteiger partial charge >= 0.3 is 6.18 Å². The van der Waals surface area contributed by atoms with E-state index in [0.29, 0.717) is 25.2 Å². The third kappa shape index (κ3) is 10.5. The minimum atomic E-state index is -4.35. The van der Waals surface area contributed by atoms with Crippen molar-refractivity contribution in [2.45, 2.75) is 74.0 Å². The summed E-state index contributed by atoms with van der Waals surface area (Å²) in [5, 5.41) is 12.8. The van der Waals surface area contributed by atoms with Gasteiger partial charge in [-0.2, -0.15) is 18.4 Å². The summed E-state index contributed by atoms with van der Waals surface area (Å²) in [4.78, 5) is 21.3. The highest BCUT2D eigenvalue weighted by Gasteiger charge is 2.44. The molecule has 0 radical (unpaired) electrons. The van der Waals surface area contributed by atoms with Crippen molar-refractivity contribution in [1.29, 1.82) is 5.26 Å². The van der Waals surface area contributed by atoms with Gasteiger partial charge in [-0.15, -0.1) is 6.58 Å². The molecule has 1 aliphatic heterocycles. The lowest BCUT2D eigenvalue weighted by Gasteiger charge is -2.32. The molecule has 1 amide bonds. The quantitative estimate of drug-likeness (QED) is 0.102. The van der Waals surface area contributed by atoms with E-state index < -0.39 is 18.1 Å². The van der Waals surface area contributed by atoms with Gasteiger partial charge in [-0.1, -0.05) is 58.1 Å². The number of carbonyl (C=O) groups is 1. The minimum absolute atomic E-state index is 0.0885. The molecule has 0 spiro atoms. The highest BCUT2D eigenvalue weighted by atomic mass is 19.4. The van der Waals surface area contributed by atoms with Gasteiger partial charge in [-0.25, -0.2) is 0 Å². The van der Waals surface area contributed by atoms with Crippen LogP contribution >= 0.6 is 0 Å². The molecular formula is C31H48F3N5O. The summed E-state index contributed by atoms with van der Waals surface area (Å²) in [6.45, 7) is 20.0. The smallest absolute Gasteiger partial charge is 0.335 e. The number of likely N-dealkylation sites (tertiary alicyclic amines) is 1. The molecule has 1 heterocycles. The molecule has 0 bridgehead atoms. The molecule has 1 rings (SSSR count). The van der Waals surface area contributed by atoms with E-state index in [0.717, 1.165) is 11.8 Å². The Bertz CT molecular complexity index is 1020. The first-order chi connectivity index (χ1) is 18.8. The summed E-state index contributed by atoms with van der Waals surface area (Å²) in [6, 6.07) is 1.63. The van der Waals surface area contributed by atoms with Crippen LogP contribution in [0.2, 0.25) is 0 Å². The van der Waals surface area contributed by atoms with E-state index >= 15 is 0 Å². The van der Waals surface area contributed by atoms with Gasteiger partial charge in [-0.3, -0.25) is 9.79 Å². The van der Waals surface area contributed by atoms with Crippen LogP contribution in [0.3, 0.4) is 0 Å². The monoisotopic (exact) mass is 563 g/mol. The number of amidine groups is 1. The van der Waals surface area contributed by atoms with Crippen molar-refractivity contribution in [2.75, 3.05) is 26.7 Å². The molecule has 1 N–H and O–H groups in total. The SMILES string of the molecule is C=CC(CC(/C=C\C)NC[C@]1(C)CN(C(=O)C(=NC)N(/C=C(C#N)\C=C/C)/C(C)=C\C)C[C@@H]1C)C(F)(F)F.CC. The summed E-state index contributed by atoms with van der Waals surface area (Å²) in [5.41, 5.74) is 0.747. The maximum Gasteiger partial charge on any atom is 0.395 e. The molecule has 0 aromatic rings. The third-order valence-electron chi connectivity index (χ3n) is 7.10. The predicted molar refractivity (Wildman–Crippen MR) is 159 cm³/mol. The molecule has 1 saturated heterocycles. The second-order valence-electron chi connectivity index (χ2n) is 9.92. The number of allylic oxidation sites excluding steroid dienone is 7. The fourth-order valence-corrected chi connectivity index (χ4v) is 4.40. The van der Waals surface area contributed by atoms with Gasteiger partial charge in [0.15, 0.2) is 5.84 Å². The maximum absolute atomic E-state index is 13.7. The lowest BCUT2D eigenvalue weighted by Crippen LogP contribution is -2.45. The predicted octanol–water partition coefficient (Wildman–Crippen LogP) is 7.02. The standard InChI is InChI=1S/C29H42F3N5O.C2H6/c1-9-13-23(16-33)18-37(22(6)11-3)26(34-8)27(38)36-17-21(5)28(7,20-36)19-35-25(14-10-2)15-24(12-4)29(30,31)32;1-2/h9-14,18,21,24-25,35H,4,15,17,19-20H2,1-3,5-8H3;1-2H3/b13-9-,14-10-,22-11-,23-18+,34-26?;/t21-,24?,25?,28+;/m0./s1. The largest absolute Gasteiger partial charge is 0.395 e. The number of alkyl halides is 3. The fraction of sp³-hybridized carbons (Fsp3) is 0.581.